The maximum atomic E-state index is 13.1. The Balaban J connectivity index is 1.18. The number of hydrogen-bond acceptors (Lipinski definition) is 9. The average Bonchev–Trinajstić information content (AvgIpc) is 3.77. The molecule has 2 amide bonds. The average molecular weight is 680 g/mol. The summed E-state index contributed by atoms with van der Waals surface area (Å²) < 4.78 is 59.1. The largest absolute Gasteiger partial charge is 0.573 e. The molecule has 1 fully saturated rings. The molecule has 0 saturated heterocycles. The lowest BCUT2D eigenvalue weighted by Gasteiger charge is -2.31. The molecule has 14 heteroatoms. The van der Waals surface area contributed by atoms with Crippen molar-refractivity contribution in [3.63, 3.8) is 0 Å². The molecule has 4 aromatic rings. The molecule has 2 aliphatic rings. The Hall–Kier alpha value is -5.11. The molecule has 258 valence electrons. The van der Waals surface area contributed by atoms with Crippen molar-refractivity contribution in [2.75, 3.05) is 27.3 Å². The fraction of sp³-hybridized carbons (Fsp3) is 0.371. The monoisotopic (exact) mass is 679 g/mol. The van der Waals surface area contributed by atoms with Crippen LogP contribution in [-0.2, 0) is 35.6 Å². The highest BCUT2D eigenvalue weighted by Crippen LogP contribution is 2.47. The van der Waals surface area contributed by atoms with Gasteiger partial charge in [0.05, 0.1) is 32.6 Å². The molecule has 3 aromatic carbocycles. The minimum atomic E-state index is -4.82. The highest BCUT2D eigenvalue weighted by Gasteiger charge is 2.47. The second-order valence-electron chi connectivity index (χ2n) is 12.1. The third kappa shape index (κ3) is 8.13. The van der Waals surface area contributed by atoms with Crippen molar-refractivity contribution < 1.29 is 41.5 Å². The first-order chi connectivity index (χ1) is 23.5. The summed E-state index contributed by atoms with van der Waals surface area (Å²) in [6, 6.07) is 15.0. The van der Waals surface area contributed by atoms with E-state index in [-0.39, 0.29) is 49.0 Å². The molecule has 1 aromatic heterocycles. The number of methoxy groups -OCH3 is 2. The van der Waals surface area contributed by atoms with Gasteiger partial charge in [-0.15, -0.1) is 13.2 Å². The standard InChI is InChI=1S/C35H36F3N5O6/c1-20-41-34(49-42-20)29-15-28(29)33(45)40-16-22-8-10-26(21-5-4-6-25(13-21)48-35(36,37)38)27-11-12-43(18-30(22)27)19-32(44)39-17-23-7-9-24(46-2)14-31(23)47-3/h4-10,13-14,28-29H,11-12,15-19H2,1-3H3,(H,39,44)(H,40,45)/t28-,29+/m0/s1. The van der Waals surface area contributed by atoms with E-state index in [9.17, 15) is 22.8 Å². The molecule has 1 aliphatic carbocycles. The lowest BCUT2D eigenvalue weighted by molar-refractivity contribution is -0.274. The van der Waals surface area contributed by atoms with Crippen molar-refractivity contribution in [3.05, 3.63) is 88.6 Å². The Morgan fingerprint density at radius 3 is 2.51 bits per heavy atom. The fourth-order valence-electron chi connectivity index (χ4n) is 6.21. The van der Waals surface area contributed by atoms with Crippen LogP contribution in [0.3, 0.4) is 0 Å². The molecule has 1 saturated carbocycles. The number of nitrogens with zero attached hydrogens (tertiary/aromatic N) is 3. The summed E-state index contributed by atoms with van der Waals surface area (Å²) in [4.78, 5) is 32.4. The second-order valence-corrected chi connectivity index (χ2v) is 12.1. The minimum absolute atomic E-state index is 0.115. The number of aryl methyl sites for hydroxylation is 1. The van der Waals surface area contributed by atoms with E-state index in [4.69, 9.17) is 14.0 Å². The van der Waals surface area contributed by atoms with Gasteiger partial charge in [0.2, 0.25) is 17.7 Å². The first kappa shape index (κ1) is 33.8. The Morgan fingerprint density at radius 1 is 0.980 bits per heavy atom. The van der Waals surface area contributed by atoms with E-state index < -0.39 is 6.36 Å². The lowest BCUT2D eigenvalue weighted by Crippen LogP contribution is -2.40. The van der Waals surface area contributed by atoms with Crippen LogP contribution >= 0.6 is 0 Å². The summed E-state index contributed by atoms with van der Waals surface area (Å²) in [5, 5.41) is 9.80. The van der Waals surface area contributed by atoms with Crippen molar-refractivity contribution in [3.8, 4) is 28.4 Å². The Bertz CT molecular complexity index is 1840. The van der Waals surface area contributed by atoms with Gasteiger partial charge in [0.1, 0.15) is 17.2 Å². The topological polar surface area (TPSA) is 128 Å². The zero-order valence-corrected chi connectivity index (χ0v) is 27.2. The number of aromatic nitrogens is 2. The molecular formula is C35H36F3N5O6. The zero-order chi connectivity index (χ0) is 34.7. The molecule has 11 nitrogen and oxygen atoms in total. The number of halogens is 3. The normalized spacial score (nSPS) is 17.2. The van der Waals surface area contributed by atoms with Crippen LogP contribution in [0, 0.1) is 12.8 Å². The van der Waals surface area contributed by atoms with E-state index >= 15 is 0 Å². The third-order valence-corrected chi connectivity index (χ3v) is 8.74. The number of amides is 2. The Kier molecular flexibility index (Phi) is 9.77. The number of rotatable bonds is 12. The van der Waals surface area contributed by atoms with Gasteiger partial charge in [0.25, 0.3) is 0 Å². The van der Waals surface area contributed by atoms with Crippen molar-refractivity contribution in [1.82, 2.24) is 25.7 Å². The van der Waals surface area contributed by atoms with Crippen molar-refractivity contribution in [1.29, 1.82) is 0 Å². The molecule has 2 N–H and O–H groups in total. The number of benzene rings is 3. The van der Waals surface area contributed by atoms with E-state index in [0.717, 1.165) is 27.8 Å². The lowest BCUT2D eigenvalue weighted by atomic mass is 9.87. The van der Waals surface area contributed by atoms with Gasteiger partial charge in [-0.05, 0) is 71.8 Å². The van der Waals surface area contributed by atoms with Gasteiger partial charge >= 0.3 is 6.36 Å². The van der Waals surface area contributed by atoms with Crippen LogP contribution in [0.2, 0.25) is 0 Å². The summed E-state index contributed by atoms with van der Waals surface area (Å²) >= 11 is 0. The van der Waals surface area contributed by atoms with Crippen LogP contribution in [-0.4, -0.2) is 60.5 Å². The van der Waals surface area contributed by atoms with Gasteiger partial charge in [-0.1, -0.05) is 29.4 Å². The number of fused-ring (bicyclic) bond motifs is 1. The molecule has 0 spiro atoms. The predicted octanol–water partition coefficient (Wildman–Crippen LogP) is 5.06. The molecule has 2 heterocycles. The number of carbonyl (C=O) groups excluding carboxylic acids is 2. The SMILES string of the molecule is COc1ccc(CNC(=O)CN2CCc3c(-c4cccc(OC(F)(F)F)c4)ccc(CNC(=O)[C@H]4C[C@H]4c4nc(C)no4)c3C2)c(OC)c1. The first-order valence-corrected chi connectivity index (χ1v) is 15.8. The maximum absolute atomic E-state index is 13.1. The predicted molar refractivity (Wildman–Crippen MR) is 171 cm³/mol. The maximum Gasteiger partial charge on any atom is 0.573 e. The van der Waals surface area contributed by atoms with Crippen molar-refractivity contribution in [2.45, 2.75) is 51.7 Å². The van der Waals surface area contributed by atoms with E-state index in [0.29, 0.717) is 54.7 Å². The Morgan fingerprint density at radius 2 is 1.78 bits per heavy atom. The molecule has 0 radical (unpaired) electrons. The number of nitrogens with one attached hydrogen (secondary N) is 2. The molecule has 2 atom stereocenters. The van der Waals surface area contributed by atoms with Crippen LogP contribution in [0.1, 0.15) is 46.3 Å². The quantitative estimate of drug-likeness (QED) is 0.211. The summed E-state index contributed by atoms with van der Waals surface area (Å²) in [6.45, 7) is 3.29. The summed E-state index contributed by atoms with van der Waals surface area (Å²) in [6.07, 6.45) is -3.66. The molecule has 0 bridgehead atoms. The van der Waals surface area contributed by atoms with Gasteiger partial charge in [-0.25, -0.2) is 0 Å². The van der Waals surface area contributed by atoms with Gasteiger partial charge in [-0.2, -0.15) is 4.98 Å². The van der Waals surface area contributed by atoms with Crippen molar-refractivity contribution >= 4 is 11.8 Å². The number of carbonyl (C=O) groups is 2. The van der Waals surface area contributed by atoms with E-state index in [1.54, 1.807) is 39.3 Å². The summed E-state index contributed by atoms with van der Waals surface area (Å²) in [5.74, 6) is 1.21. The third-order valence-electron chi connectivity index (χ3n) is 8.74. The minimum Gasteiger partial charge on any atom is -0.497 e. The smallest absolute Gasteiger partial charge is 0.497 e. The van der Waals surface area contributed by atoms with Gasteiger partial charge in [0.15, 0.2) is 5.82 Å². The fourth-order valence-corrected chi connectivity index (χ4v) is 6.21. The Labute approximate surface area is 280 Å². The van der Waals surface area contributed by atoms with Crippen LogP contribution in [0.15, 0.2) is 59.1 Å². The molecule has 49 heavy (non-hydrogen) atoms. The number of ether oxygens (including phenoxy) is 3. The second kappa shape index (κ2) is 14.2. The summed E-state index contributed by atoms with van der Waals surface area (Å²) in [7, 11) is 3.12. The van der Waals surface area contributed by atoms with E-state index in [1.807, 2.05) is 23.1 Å². The van der Waals surface area contributed by atoms with Gasteiger partial charge < -0.3 is 29.4 Å². The van der Waals surface area contributed by atoms with Gasteiger partial charge in [0, 0.05) is 37.8 Å². The number of alkyl halides is 3. The van der Waals surface area contributed by atoms with Crippen LogP contribution in [0.5, 0.6) is 17.2 Å². The van der Waals surface area contributed by atoms with Gasteiger partial charge in [-0.3, -0.25) is 14.5 Å². The molecule has 6 rings (SSSR count). The van der Waals surface area contributed by atoms with E-state index in [2.05, 4.69) is 25.5 Å². The highest BCUT2D eigenvalue weighted by atomic mass is 19.4. The highest BCUT2D eigenvalue weighted by molar-refractivity contribution is 5.82. The van der Waals surface area contributed by atoms with Crippen LogP contribution < -0.4 is 24.8 Å². The molecule has 0 unspecified atom stereocenters. The number of hydrogen-bond donors (Lipinski definition) is 2. The summed E-state index contributed by atoms with van der Waals surface area (Å²) in [5.41, 5.74) is 4.85. The van der Waals surface area contributed by atoms with E-state index in [1.165, 1.54) is 18.2 Å². The van der Waals surface area contributed by atoms with Crippen LogP contribution in [0.25, 0.3) is 11.1 Å². The first-order valence-electron chi connectivity index (χ1n) is 15.8. The van der Waals surface area contributed by atoms with Crippen LogP contribution in [0.4, 0.5) is 13.2 Å². The van der Waals surface area contributed by atoms with Crippen molar-refractivity contribution in [2.24, 2.45) is 5.92 Å². The molecular weight excluding hydrogens is 643 g/mol. The molecule has 1 aliphatic heterocycles. The zero-order valence-electron chi connectivity index (χ0n) is 27.2.